The summed E-state index contributed by atoms with van der Waals surface area (Å²) < 4.78 is 0. The molecule has 0 aliphatic carbocycles. The van der Waals surface area contributed by atoms with E-state index >= 15 is 0 Å². The van der Waals surface area contributed by atoms with E-state index in [9.17, 15) is 19.5 Å². The fourth-order valence-electron chi connectivity index (χ4n) is 2.87. The van der Waals surface area contributed by atoms with Crippen LogP contribution in [0.1, 0.15) is 5.56 Å². The molecule has 0 saturated carbocycles. The number of aliphatic carboxylic acids is 1. The molecule has 0 bridgehead atoms. The maximum Gasteiger partial charge on any atom is 1.00 e. The number of thioether (sulfide) groups is 2. The summed E-state index contributed by atoms with van der Waals surface area (Å²) in [5.41, 5.74) is 0.644. The van der Waals surface area contributed by atoms with Crippen molar-refractivity contribution >= 4 is 47.5 Å². The molecule has 2 aliphatic rings. The average Bonchev–Trinajstić information content (AvgIpc) is 2.69. The standard InChI is InChI=1S/C18H17N3O5S2.Na/c22-13(9-11-5-2-1-3-6-11)20-14-16(23)21-15(18(24)25)12(10-28-17(14)21)27-8-4-7-19-26;/h1-8,14,17,26H,9-10H2,(H,20,22)(H,24,25);/q;+1/p-1/t14?,17-;/m1./s1. The Bertz CT molecular complexity index is 876. The van der Waals surface area contributed by atoms with E-state index in [4.69, 9.17) is 5.21 Å². The molecule has 1 unspecified atom stereocenters. The Morgan fingerprint density at radius 1 is 1.38 bits per heavy atom. The first kappa shape index (κ1) is 23.6. The number of carboxylic acid groups (broad SMARTS) is 1. The van der Waals surface area contributed by atoms with Crippen molar-refractivity contribution in [1.82, 2.24) is 10.2 Å². The topological polar surface area (TPSA) is 122 Å². The molecule has 1 saturated heterocycles. The molecule has 11 heteroatoms. The van der Waals surface area contributed by atoms with Gasteiger partial charge in [-0.05, 0) is 17.0 Å². The summed E-state index contributed by atoms with van der Waals surface area (Å²) in [7, 11) is 0. The van der Waals surface area contributed by atoms with Crippen molar-refractivity contribution in [3.63, 3.8) is 0 Å². The Labute approximate surface area is 197 Å². The number of benzene rings is 1. The summed E-state index contributed by atoms with van der Waals surface area (Å²) in [6, 6.07) is 8.38. The number of allylic oxidation sites excluding steroid dienone is 1. The van der Waals surface area contributed by atoms with Crippen LogP contribution in [0.5, 0.6) is 0 Å². The van der Waals surface area contributed by atoms with Crippen molar-refractivity contribution in [2.45, 2.75) is 17.8 Å². The predicted octanol–water partition coefficient (Wildman–Crippen LogP) is -2.70. The van der Waals surface area contributed by atoms with E-state index in [1.807, 2.05) is 30.3 Å². The molecule has 2 aliphatic heterocycles. The van der Waals surface area contributed by atoms with Crippen molar-refractivity contribution in [3.05, 3.63) is 58.0 Å². The Morgan fingerprint density at radius 2 is 2.10 bits per heavy atom. The summed E-state index contributed by atoms with van der Waals surface area (Å²) in [5.74, 6) is -1.86. The zero-order valence-corrected chi connectivity index (χ0v) is 19.1. The molecule has 3 rings (SSSR count). The van der Waals surface area contributed by atoms with Gasteiger partial charge in [0, 0.05) is 10.7 Å². The minimum atomic E-state index is -1.44. The van der Waals surface area contributed by atoms with E-state index in [1.165, 1.54) is 17.8 Å². The van der Waals surface area contributed by atoms with Crippen molar-refractivity contribution < 1.29 is 54.3 Å². The van der Waals surface area contributed by atoms with Gasteiger partial charge in [0.2, 0.25) is 5.91 Å². The normalized spacial score (nSPS) is 21.0. The first-order valence-corrected chi connectivity index (χ1v) is 10.2. The minimum Gasteiger partial charge on any atom is -0.543 e. The van der Waals surface area contributed by atoms with Gasteiger partial charge in [0.05, 0.1) is 24.3 Å². The number of nitrogens with zero attached hydrogens (tertiary/aromatic N) is 2. The Hall–Kier alpha value is -1.72. The molecule has 0 spiro atoms. The third kappa shape index (κ3) is 5.46. The predicted molar refractivity (Wildman–Crippen MR) is 104 cm³/mol. The van der Waals surface area contributed by atoms with E-state index in [0.29, 0.717) is 10.7 Å². The number of hydrogen-bond donors (Lipinski definition) is 2. The number of oxime groups is 1. The molecule has 1 fully saturated rings. The molecule has 2 N–H and O–H groups in total. The third-order valence-corrected chi connectivity index (χ3v) is 6.47. The maximum atomic E-state index is 12.5. The molecular formula is C18H16N3NaO5S2. The molecule has 2 atom stereocenters. The van der Waals surface area contributed by atoms with Gasteiger partial charge in [-0.15, -0.1) is 11.8 Å². The summed E-state index contributed by atoms with van der Waals surface area (Å²) in [6.07, 6.45) is 2.72. The van der Waals surface area contributed by atoms with Crippen LogP contribution >= 0.6 is 23.5 Å². The van der Waals surface area contributed by atoms with Crippen molar-refractivity contribution in [2.75, 3.05) is 5.75 Å². The summed E-state index contributed by atoms with van der Waals surface area (Å²) in [6.45, 7) is 0. The van der Waals surface area contributed by atoms with E-state index in [-0.39, 0.29) is 47.6 Å². The van der Waals surface area contributed by atoms with Crippen LogP contribution in [0.15, 0.2) is 57.6 Å². The molecule has 8 nitrogen and oxygen atoms in total. The second kappa shape index (κ2) is 10.9. The average molecular weight is 441 g/mol. The number of β-lactam (4-membered cyclic amide) rings is 1. The van der Waals surface area contributed by atoms with Gasteiger partial charge in [0.1, 0.15) is 11.4 Å². The fourth-order valence-corrected chi connectivity index (χ4v) is 5.15. The Kier molecular flexibility index (Phi) is 8.84. The molecule has 146 valence electrons. The van der Waals surface area contributed by atoms with Gasteiger partial charge in [-0.25, -0.2) is 0 Å². The SMILES string of the molecule is O=C(Cc1ccccc1)NC1C(=O)N2C(C(=O)[O-])=C(SC=CC=NO)CS[C@H]12.[Na+]. The first-order chi connectivity index (χ1) is 13.5. The van der Waals surface area contributed by atoms with Crippen molar-refractivity contribution in [1.29, 1.82) is 0 Å². The fraction of sp³-hybridized carbons (Fsp3) is 0.222. The van der Waals surface area contributed by atoms with Crippen LogP contribution in [0.2, 0.25) is 0 Å². The quantitative estimate of drug-likeness (QED) is 0.155. The largest absolute Gasteiger partial charge is 1.00 e. The summed E-state index contributed by atoms with van der Waals surface area (Å²) in [5, 5.41) is 26.5. The van der Waals surface area contributed by atoms with E-state index < -0.39 is 23.3 Å². The first-order valence-electron chi connectivity index (χ1n) is 8.24. The molecule has 29 heavy (non-hydrogen) atoms. The van der Waals surface area contributed by atoms with Crippen LogP contribution in [-0.2, 0) is 20.8 Å². The van der Waals surface area contributed by atoms with Gasteiger partial charge in [0.25, 0.3) is 5.91 Å². The minimum absolute atomic E-state index is 0. The van der Waals surface area contributed by atoms with Crippen LogP contribution in [-0.4, -0.2) is 51.3 Å². The van der Waals surface area contributed by atoms with Crippen molar-refractivity contribution in [2.24, 2.45) is 5.16 Å². The zero-order valence-electron chi connectivity index (χ0n) is 15.5. The van der Waals surface area contributed by atoms with Gasteiger partial charge in [-0.3, -0.25) is 14.5 Å². The van der Waals surface area contributed by atoms with Crippen LogP contribution in [0, 0.1) is 0 Å². The Balaban J connectivity index is 0.00000300. The number of nitrogens with one attached hydrogen (secondary N) is 1. The van der Waals surface area contributed by atoms with Crippen LogP contribution in [0.25, 0.3) is 0 Å². The van der Waals surface area contributed by atoms with Gasteiger partial charge in [0.15, 0.2) is 0 Å². The van der Waals surface area contributed by atoms with Crippen LogP contribution < -0.4 is 40.0 Å². The van der Waals surface area contributed by atoms with Crippen LogP contribution in [0.3, 0.4) is 0 Å². The number of fused-ring (bicyclic) bond motifs is 1. The molecule has 0 radical (unpaired) electrons. The molecular weight excluding hydrogens is 425 g/mol. The second-order valence-electron chi connectivity index (χ2n) is 5.89. The smallest absolute Gasteiger partial charge is 0.543 e. The van der Waals surface area contributed by atoms with E-state index in [1.54, 1.807) is 5.41 Å². The summed E-state index contributed by atoms with van der Waals surface area (Å²) >= 11 is 2.48. The molecule has 1 aromatic carbocycles. The van der Waals surface area contributed by atoms with Gasteiger partial charge in [-0.2, -0.15) is 0 Å². The van der Waals surface area contributed by atoms with Crippen molar-refractivity contribution in [3.8, 4) is 0 Å². The zero-order chi connectivity index (χ0) is 20.1. The number of hydrogen-bond acceptors (Lipinski definition) is 8. The van der Waals surface area contributed by atoms with E-state index in [0.717, 1.165) is 28.4 Å². The molecule has 1 aromatic rings. The second-order valence-corrected chi connectivity index (χ2v) is 7.99. The molecule has 0 aromatic heterocycles. The number of carbonyl (C=O) groups excluding carboxylic acids is 3. The monoisotopic (exact) mass is 441 g/mol. The number of rotatable bonds is 7. The van der Waals surface area contributed by atoms with Gasteiger partial charge >= 0.3 is 29.6 Å². The molecule has 2 amide bonds. The molecule has 2 heterocycles. The summed E-state index contributed by atoms with van der Waals surface area (Å²) in [4.78, 5) is 38.0. The third-order valence-electron chi connectivity index (χ3n) is 4.09. The number of carboxylic acids is 1. The maximum absolute atomic E-state index is 12.5. The number of amides is 2. The number of carbonyl (C=O) groups is 3. The Morgan fingerprint density at radius 3 is 2.76 bits per heavy atom. The van der Waals surface area contributed by atoms with Gasteiger partial charge < -0.3 is 20.4 Å². The van der Waals surface area contributed by atoms with Gasteiger partial charge in [-0.1, -0.05) is 47.2 Å². The van der Waals surface area contributed by atoms with Crippen LogP contribution in [0.4, 0.5) is 0 Å². The van der Waals surface area contributed by atoms with E-state index in [2.05, 4.69) is 10.5 Å².